The van der Waals surface area contributed by atoms with Gasteiger partial charge < -0.3 is 26.6 Å². The number of anilines is 1. The molecule has 0 spiro atoms. The number of carbonyl (C=O) groups is 1. The number of aliphatic imine (C=N–C) groups is 1. The number of carboxylic acids is 1. The molecule has 2 aromatic carbocycles. The second-order valence-electron chi connectivity index (χ2n) is 5.62. The number of rotatable bonds is 8. The van der Waals surface area contributed by atoms with Crippen molar-refractivity contribution in [3.63, 3.8) is 0 Å². The zero-order chi connectivity index (χ0) is 19.6. The van der Waals surface area contributed by atoms with E-state index in [-0.39, 0.29) is 12.1 Å². The maximum Gasteiger partial charge on any atom is 0.335 e. The number of hydrogen-bond acceptors (Lipinski definition) is 5. The standard InChI is InChI=1S/C20H22N4O3/c1-14(23-17-9-7-16(8-10-17)20(26)27)24-19(11-12-21)22-13-18(25)15-5-3-2-4-6-15/h2-12,18,23,25H,1,13,21H2,(H,22,24)(H,26,27)/b12-11-. The number of aromatic carboxylic acids is 1. The predicted octanol–water partition coefficient (Wildman–Crippen LogP) is 2.46. The van der Waals surface area contributed by atoms with E-state index in [4.69, 9.17) is 10.8 Å². The first-order valence-corrected chi connectivity index (χ1v) is 8.21. The van der Waals surface area contributed by atoms with Gasteiger partial charge >= 0.3 is 5.97 Å². The molecule has 27 heavy (non-hydrogen) atoms. The summed E-state index contributed by atoms with van der Waals surface area (Å²) in [7, 11) is 0. The van der Waals surface area contributed by atoms with E-state index in [1.165, 1.54) is 18.3 Å². The molecule has 7 nitrogen and oxygen atoms in total. The summed E-state index contributed by atoms with van der Waals surface area (Å²) < 4.78 is 0. The molecule has 0 heterocycles. The van der Waals surface area contributed by atoms with Gasteiger partial charge in [-0.2, -0.15) is 0 Å². The number of benzene rings is 2. The number of aliphatic hydroxyl groups excluding tert-OH is 1. The lowest BCUT2D eigenvalue weighted by Gasteiger charge is -2.14. The number of nitrogens with two attached hydrogens (primary N) is 1. The molecule has 2 aromatic rings. The summed E-state index contributed by atoms with van der Waals surface area (Å²) in [6.07, 6.45) is 2.15. The van der Waals surface area contributed by atoms with Gasteiger partial charge in [0.05, 0.1) is 18.2 Å². The molecule has 2 rings (SSSR count). The Morgan fingerprint density at radius 1 is 1.19 bits per heavy atom. The van der Waals surface area contributed by atoms with Crippen molar-refractivity contribution in [1.29, 1.82) is 0 Å². The van der Waals surface area contributed by atoms with Crippen LogP contribution in [0.3, 0.4) is 0 Å². The highest BCUT2D eigenvalue weighted by Gasteiger charge is 2.07. The number of amidine groups is 1. The minimum atomic E-state index is -0.988. The molecule has 0 aromatic heterocycles. The molecule has 140 valence electrons. The monoisotopic (exact) mass is 366 g/mol. The zero-order valence-electron chi connectivity index (χ0n) is 14.7. The summed E-state index contributed by atoms with van der Waals surface area (Å²) in [5.74, 6) is -0.144. The zero-order valence-corrected chi connectivity index (χ0v) is 14.7. The molecule has 1 unspecified atom stereocenters. The van der Waals surface area contributed by atoms with Crippen LogP contribution in [0.5, 0.6) is 0 Å². The summed E-state index contributed by atoms with van der Waals surface area (Å²) in [4.78, 5) is 15.2. The Kier molecular flexibility index (Phi) is 7.16. The predicted molar refractivity (Wildman–Crippen MR) is 106 cm³/mol. The van der Waals surface area contributed by atoms with Crippen LogP contribution in [0.25, 0.3) is 0 Å². The Morgan fingerprint density at radius 3 is 2.44 bits per heavy atom. The first kappa shape index (κ1) is 19.7. The van der Waals surface area contributed by atoms with Crippen molar-refractivity contribution in [2.75, 3.05) is 11.9 Å². The maximum absolute atomic E-state index is 10.9. The van der Waals surface area contributed by atoms with E-state index < -0.39 is 12.1 Å². The molecule has 0 radical (unpaired) electrons. The fourth-order valence-corrected chi connectivity index (χ4v) is 2.25. The maximum atomic E-state index is 10.9. The average molecular weight is 366 g/mol. The quantitative estimate of drug-likeness (QED) is 0.362. The van der Waals surface area contributed by atoms with Gasteiger partial charge in [-0.1, -0.05) is 36.9 Å². The third-order valence-corrected chi connectivity index (χ3v) is 3.58. The van der Waals surface area contributed by atoms with E-state index in [9.17, 15) is 9.90 Å². The second-order valence-corrected chi connectivity index (χ2v) is 5.62. The van der Waals surface area contributed by atoms with Crippen molar-refractivity contribution in [1.82, 2.24) is 5.32 Å². The summed E-state index contributed by atoms with van der Waals surface area (Å²) in [5, 5.41) is 25.1. The summed E-state index contributed by atoms with van der Waals surface area (Å²) in [5.41, 5.74) is 7.08. The highest BCUT2D eigenvalue weighted by molar-refractivity contribution is 5.94. The van der Waals surface area contributed by atoms with Gasteiger partial charge in [0.2, 0.25) is 0 Å². The van der Waals surface area contributed by atoms with Crippen molar-refractivity contribution >= 4 is 17.5 Å². The third kappa shape index (κ3) is 6.33. The molecule has 6 N–H and O–H groups in total. The highest BCUT2D eigenvalue weighted by atomic mass is 16.4. The molecule has 1 atom stereocenters. The SMILES string of the molecule is C=C(NC(/C=C\N)=NCC(O)c1ccccc1)Nc1ccc(C(=O)O)cc1. The number of carboxylic acid groups (broad SMARTS) is 1. The van der Waals surface area contributed by atoms with Crippen LogP contribution in [0.4, 0.5) is 5.69 Å². The Hall–Kier alpha value is -3.58. The molecular formula is C20H22N4O3. The van der Waals surface area contributed by atoms with E-state index >= 15 is 0 Å². The molecule has 0 amide bonds. The fourth-order valence-electron chi connectivity index (χ4n) is 2.25. The van der Waals surface area contributed by atoms with E-state index in [1.807, 2.05) is 30.3 Å². The largest absolute Gasteiger partial charge is 0.478 e. The number of nitrogens with one attached hydrogen (secondary N) is 2. The van der Waals surface area contributed by atoms with Gasteiger partial charge in [-0.15, -0.1) is 0 Å². The van der Waals surface area contributed by atoms with Gasteiger partial charge in [0.1, 0.15) is 11.7 Å². The minimum absolute atomic E-state index is 0.150. The molecule has 0 aliphatic heterocycles. The Labute approximate surface area is 157 Å². The topological polar surface area (TPSA) is 120 Å². The molecular weight excluding hydrogens is 344 g/mol. The van der Waals surface area contributed by atoms with E-state index in [0.29, 0.717) is 17.3 Å². The van der Waals surface area contributed by atoms with Crippen LogP contribution in [-0.4, -0.2) is 28.6 Å². The molecule has 0 fully saturated rings. The van der Waals surface area contributed by atoms with Crippen LogP contribution < -0.4 is 16.4 Å². The smallest absolute Gasteiger partial charge is 0.335 e. The van der Waals surface area contributed by atoms with Gasteiger partial charge in [-0.05, 0) is 42.1 Å². The summed E-state index contributed by atoms with van der Waals surface area (Å²) in [6, 6.07) is 15.5. The Morgan fingerprint density at radius 2 is 1.85 bits per heavy atom. The van der Waals surface area contributed by atoms with Crippen molar-refractivity contribution in [3.05, 3.63) is 90.4 Å². The minimum Gasteiger partial charge on any atom is -0.478 e. The van der Waals surface area contributed by atoms with Crippen LogP contribution in [-0.2, 0) is 0 Å². The van der Waals surface area contributed by atoms with Crippen LogP contribution in [0.1, 0.15) is 22.0 Å². The van der Waals surface area contributed by atoms with E-state index in [2.05, 4.69) is 22.2 Å². The summed E-state index contributed by atoms with van der Waals surface area (Å²) >= 11 is 0. The number of hydrogen-bond donors (Lipinski definition) is 5. The van der Waals surface area contributed by atoms with Gasteiger partial charge in [0.15, 0.2) is 0 Å². The highest BCUT2D eigenvalue weighted by Crippen LogP contribution is 2.13. The molecule has 0 aliphatic carbocycles. The molecule has 0 saturated carbocycles. The normalized spacial score (nSPS) is 12.6. The number of nitrogens with zero attached hydrogens (tertiary/aromatic N) is 1. The molecule has 0 bridgehead atoms. The lowest BCUT2D eigenvalue weighted by atomic mass is 10.1. The Balaban J connectivity index is 1.97. The molecule has 0 aliphatic rings. The van der Waals surface area contributed by atoms with Crippen LogP contribution in [0.2, 0.25) is 0 Å². The first-order chi connectivity index (χ1) is 13.0. The van der Waals surface area contributed by atoms with E-state index in [0.717, 1.165) is 5.56 Å². The van der Waals surface area contributed by atoms with Gasteiger partial charge in [0, 0.05) is 5.69 Å². The van der Waals surface area contributed by atoms with Crippen LogP contribution in [0.15, 0.2) is 84.3 Å². The second kappa shape index (κ2) is 9.79. The van der Waals surface area contributed by atoms with Gasteiger partial charge in [-0.25, -0.2) is 4.79 Å². The lowest BCUT2D eigenvalue weighted by molar-refractivity contribution is 0.0697. The average Bonchev–Trinajstić information content (AvgIpc) is 2.67. The van der Waals surface area contributed by atoms with Crippen molar-refractivity contribution in [2.45, 2.75) is 6.10 Å². The van der Waals surface area contributed by atoms with Crippen molar-refractivity contribution in [3.8, 4) is 0 Å². The fraction of sp³-hybridized carbons (Fsp3) is 0.100. The summed E-state index contributed by atoms with van der Waals surface area (Å²) in [6.45, 7) is 4.01. The van der Waals surface area contributed by atoms with Gasteiger partial charge in [0.25, 0.3) is 0 Å². The van der Waals surface area contributed by atoms with Crippen molar-refractivity contribution in [2.24, 2.45) is 10.7 Å². The van der Waals surface area contributed by atoms with Crippen LogP contribution >= 0.6 is 0 Å². The van der Waals surface area contributed by atoms with Crippen molar-refractivity contribution < 1.29 is 15.0 Å². The Bertz CT molecular complexity index is 830. The molecule has 7 heteroatoms. The third-order valence-electron chi connectivity index (χ3n) is 3.58. The van der Waals surface area contributed by atoms with Crippen LogP contribution in [0, 0.1) is 0 Å². The lowest BCUT2D eigenvalue weighted by Crippen LogP contribution is -2.25. The van der Waals surface area contributed by atoms with Gasteiger partial charge in [-0.3, -0.25) is 4.99 Å². The number of aliphatic hydroxyl groups is 1. The first-order valence-electron chi connectivity index (χ1n) is 8.21. The van der Waals surface area contributed by atoms with E-state index in [1.54, 1.807) is 18.2 Å². The molecule has 0 saturated heterocycles.